The zero-order valence-electron chi connectivity index (χ0n) is 15.8. The Hall–Kier alpha value is -2.26. The van der Waals surface area contributed by atoms with Crippen LogP contribution in [0.5, 0.6) is 0 Å². The highest BCUT2D eigenvalue weighted by Gasteiger charge is 2.33. The highest BCUT2D eigenvalue weighted by Crippen LogP contribution is 2.29. The van der Waals surface area contributed by atoms with Crippen LogP contribution >= 0.6 is 23.1 Å². The molecule has 9 heteroatoms. The molecule has 2 fully saturated rings. The van der Waals surface area contributed by atoms with Crippen molar-refractivity contribution in [2.75, 3.05) is 47.5 Å². The van der Waals surface area contributed by atoms with E-state index < -0.39 is 12.2 Å². The monoisotopic (exact) mass is 435 g/mol. The van der Waals surface area contributed by atoms with Gasteiger partial charge in [0.25, 0.3) is 5.91 Å². The number of amides is 2. The molecule has 1 atom stereocenters. The Balaban J connectivity index is 1.38. The first-order valence-electron chi connectivity index (χ1n) is 9.54. The molecule has 0 radical (unpaired) electrons. The van der Waals surface area contributed by atoms with Gasteiger partial charge >= 0.3 is 6.09 Å². The van der Waals surface area contributed by atoms with Crippen molar-refractivity contribution in [1.82, 2.24) is 5.32 Å². The third kappa shape index (κ3) is 4.67. The lowest BCUT2D eigenvalue weighted by molar-refractivity contribution is 0.0920. The fourth-order valence-electron chi connectivity index (χ4n) is 3.45. The highest BCUT2D eigenvalue weighted by atomic mass is 32.2. The van der Waals surface area contributed by atoms with E-state index in [-0.39, 0.29) is 24.8 Å². The van der Waals surface area contributed by atoms with Gasteiger partial charge in [-0.2, -0.15) is 11.8 Å². The van der Waals surface area contributed by atoms with Crippen molar-refractivity contribution < 1.29 is 18.7 Å². The van der Waals surface area contributed by atoms with Crippen molar-refractivity contribution in [3.8, 4) is 0 Å². The summed E-state index contributed by atoms with van der Waals surface area (Å²) in [7, 11) is 0. The zero-order valence-corrected chi connectivity index (χ0v) is 17.4. The maximum atomic E-state index is 14.8. The van der Waals surface area contributed by atoms with Crippen molar-refractivity contribution in [2.24, 2.45) is 0 Å². The van der Waals surface area contributed by atoms with E-state index in [0.717, 1.165) is 31.0 Å². The number of carbonyl (C=O) groups excluding carboxylic acids is 2. The summed E-state index contributed by atoms with van der Waals surface area (Å²) < 4.78 is 20.1. The van der Waals surface area contributed by atoms with Crippen LogP contribution in [0.15, 0.2) is 35.7 Å². The average molecular weight is 436 g/mol. The molecule has 0 aliphatic carbocycles. The Labute approximate surface area is 177 Å². The second-order valence-corrected chi connectivity index (χ2v) is 9.06. The molecule has 2 aromatic rings. The van der Waals surface area contributed by atoms with Crippen molar-refractivity contribution in [1.29, 1.82) is 0 Å². The smallest absolute Gasteiger partial charge is 0.414 e. The number of carbonyl (C=O) groups is 2. The second kappa shape index (κ2) is 9.04. The van der Waals surface area contributed by atoms with Gasteiger partial charge in [0.1, 0.15) is 11.9 Å². The van der Waals surface area contributed by atoms with E-state index in [1.807, 2.05) is 17.1 Å². The number of benzene rings is 1. The molecule has 0 saturated carbocycles. The minimum absolute atomic E-state index is 0.194. The largest absolute Gasteiger partial charge is 0.442 e. The van der Waals surface area contributed by atoms with E-state index in [9.17, 15) is 14.0 Å². The fourth-order valence-corrected chi connectivity index (χ4v) is 4.97. The molecule has 1 N–H and O–H groups in total. The minimum atomic E-state index is -0.529. The predicted octanol–water partition coefficient (Wildman–Crippen LogP) is 3.59. The number of anilines is 2. The summed E-state index contributed by atoms with van der Waals surface area (Å²) in [5.41, 5.74) is 1.04. The van der Waals surface area contributed by atoms with Crippen LogP contribution in [0.25, 0.3) is 0 Å². The van der Waals surface area contributed by atoms with Crippen LogP contribution in [0.3, 0.4) is 0 Å². The number of nitrogens with one attached hydrogen (secondary N) is 1. The predicted molar refractivity (Wildman–Crippen MR) is 115 cm³/mol. The van der Waals surface area contributed by atoms with E-state index in [0.29, 0.717) is 16.3 Å². The maximum absolute atomic E-state index is 14.8. The molecule has 2 aliphatic heterocycles. The second-order valence-electron chi connectivity index (χ2n) is 6.89. The SMILES string of the molecule is O=C(NC[C@H]1CN(c2ccc(N3CCCSCC3)c(F)c2)C(=O)O1)c1cccs1. The van der Waals surface area contributed by atoms with Crippen LogP contribution in [-0.4, -0.2) is 55.8 Å². The lowest BCUT2D eigenvalue weighted by atomic mass is 10.2. The van der Waals surface area contributed by atoms with Crippen molar-refractivity contribution in [2.45, 2.75) is 12.5 Å². The average Bonchev–Trinajstić information content (AvgIpc) is 3.30. The minimum Gasteiger partial charge on any atom is -0.442 e. The van der Waals surface area contributed by atoms with Crippen LogP contribution in [0.4, 0.5) is 20.6 Å². The number of thiophene rings is 1. The summed E-state index contributed by atoms with van der Waals surface area (Å²) in [4.78, 5) is 28.4. The molecule has 2 aliphatic rings. The van der Waals surface area contributed by atoms with Gasteiger partial charge in [0, 0.05) is 18.8 Å². The Morgan fingerprint density at radius 1 is 1.28 bits per heavy atom. The molecule has 29 heavy (non-hydrogen) atoms. The lowest BCUT2D eigenvalue weighted by Crippen LogP contribution is -2.34. The van der Waals surface area contributed by atoms with E-state index >= 15 is 0 Å². The molecule has 4 rings (SSSR count). The van der Waals surface area contributed by atoms with Crippen LogP contribution < -0.4 is 15.1 Å². The number of cyclic esters (lactones) is 1. The summed E-state index contributed by atoms with van der Waals surface area (Å²) >= 11 is 3.24. The number of thioether (sulfide) groups is 1. The molecule has 0 bridgehead atoms. The standard InChI is InChI=1S/C20H22FN3O3S2/c21-16-11-14(4-5-17(16)23-6-2-8-28-10-7-23)24-13-15(27-20(24)26)12-22-19(25)18-3-1-9-29-18/h1,3-5,9,11,15H,2,6-8,10,12-13H2,(H,22,25)/t15-/m0/s1. The molecular formula is C20H22FN3O3S2. The summed E-state index contributed by atoms with van der Waals surface area (Å²) in [6.07, 6.45) is 0.0267. The topological polar surface area (TPSA) is 61.9 Å². The molecule has 0 unspecified atom stereocenters. The number of nitrogens with zero attached hydrogens (tertiary/aromatic N) is 2. The normalized spacial score (nSPS) is 19.8. The third-order valence-corrected chi connectivity index (χ3v) is 6.83. The van der Waals surface area contributed by atoms with E-state index in [1.165, 1.54) is 22.3 Å². The molecule has 2 saturated heterocycles. The van der Waals surface area contributed by atoms with Gasteiger partial charge in [-0.1, -0.05) is 6.07 Å². The van der Waals surface area contributed by atoms with Gasteiger partial charge in [-0.25, -0.2) is 9.18 Å². The number of halogens is 1. The van der Waals surface area contributed by atoms with Gasteiger partial charge in [0.05, 0.1) is 29.3 Å². The zero-order chi connectivity index (χ0) is 20.2. The molecule has 0 spiro atoms. The molecule has 6 nitrogen and oxygen atoms in total. The van der Waals surface area contributed by atoms with E-state index in [1.54, 1.807) is 24.3 Å². The summed E-state index contributed by atoms with van der Waals surface area (Å²) in [6.45, 7) is 2.13. The molecule has 2 amide bonds. The Bertz CT molecular complexity index is 870. The summed E-state index contributed by atoms with van der Waals surface area (Å²) in [5, 5.41) is 4.60. The van der Waals surface area contributed by atoms with Crippen LogP contribution in [0, 0.1) is 5.82 Å². The fraction of sp³-hybridized carbons (Fsp3) is 0.400. The molecule has 3 heterocycles. The number of hydrogen-bond acceptors (Lipinski definition) is 6. The number of rotatable bonds is 5. The molecular weight excluding hydrogens is 413 g/mol. The first kappa shape index (κ1) is 20.0. The van der Waals surface area contributed by atoms with E-state index in [4.69, 9.17) is 4.74 Å². The Kier molecular flexibility index (Phi) is 6.25. The van der Waals surface area contributed by atoms with E-state index in [2.05, 4.69) is 10.2 Å². The Morgan fingerprint density at radius 3 is 2.97 bits per heavy atom. The van der Waals surface area contributed by atoms with Crippen LogP contribution in [-0.2, 0) is 4.74 Å². The highest BCUT2D eigenvalue weighted by molar-refractivity contribution is 7.99. The Morgan fingerprint density at radius 2 is 2.17 bits per heavy atom. The lowest BCUT2D eigenvalue weighted by Gasteiger charge is -2.24. The first-order valence-corrected chi connectivity index (χ1v) is 11.6. The third-order valence-electron chi connectivity index (χ3n) is 4.92. The quantitative estimate of drug-likeness (QED) is 0.778. The molecule has 154 valence electrons. The first-order chi connectivity index (χ1) is 14.1. The van der Waals surface area contributed by atoms with Crippen LogP contribution in [0.1, 0.15) is 16.1 Å². The van der Waals surface area contributed by atoms with Gasteiger partial charge < -0.3 is 15.0 Å². The van der Waals surface area contributed by atoms with Gasteiger partial charge in [-0.05, 0) is 41.8 Å². The summed E-state index contributed by atoms with van der Waals surface area (Å²) in [5.74, 6) is 1.55. The van der Waals surface area contributed by atoms with Gasteiger partial charge in [0.2, 0.25) is 0 Å². The van der Waals surface area contributed by atoms with Gasteiger partial charge in [0.15, 0.2) is 0 Å². The van der Waals surface area contributed by atoms with Crippen molar-refractivity contribution in [3.63, 3.8) is 0 Å². The molecule has 1 aromatic heterocycles. The van der Waals surface area contributed by atoms with Crippen molar-refractivity contribution >= 4 is 46.5 Å². The van der Waals surface area contributed by atoms with Gasteiger partial charge in [-0.15, -0.1) is 11.3 Å². The molecule has 1 aromatic carbocycles. The van der Waals surface area contributed by atoms with Crippen molar-refractivity contribution in [3.05, 3.63) is 46.4 Å². The number of ether oxygens (including phenoxy) is 1. The summed E-state index contributed by atoms with van der Waals surface area (Å²) in [6, 6.07) is 8.42. The maximum Gasteiger partial charge on any atom is 0.414 e. The van der Waals surface area contributed by atoms with Crippen LogP contribution in [0.2, 0.25) is 0 Å². The number of hydrogen-bond donors (Lipinski definition) is 1. The van der Waals surface area contributed by atoms with Gasteiger partial charge in [-0.3, -0.25) is 9.69 Å².